The number of carbonyl (C=O) groups excluding carboxylic acids is 1. The number of amides is 1. The SMILES string of the molecule is Cc1ccc(S)cc1C(=O)NCc1scnc1C. The highest BCUT2D eigenvalue weighted by Crippen LogP contribution is 2.15. The molecule has 0 fully saturated rings. The van der Waals surface area contributed by atoms with Gasteiger partial charge >= 0.3 is 0 Å². The summed E-state index contributed by atoms with van der Waals surface area (Å²) in [6.45, 7) is 4.38. The zero-order chi connectivity index (χ0) is 13.1. The van der Waals surface area contributed by atoms with Crippen LogP contribution in [-0.4, -0.2) is 10.9 Å². The molecule has 1 amide bonds. The number of rotatable bonds is 3. The van der Waals surface area contributed by atoms with E-state index in [2.05, 4.69) is 22.9 Å². The summed E-state index contributed by atoms with van der Waals surface area (Å²) in [7, 11) is 0. The van der Waals surface area contributed by atoms with Gasteiger partial charge in [0.1, 0.15) is 0 Å². The molecule has 0 saturated carbocycles. The molecule has 0 unspecified atom stereocenters. The number of hydrogen-bond donors (Lipinski definition) is 2. The largest absolute Gasteiger partial charge is 0.347 e. The number of nitrogens with one attached hydrogen (secondary N) is 1. The molecule has 94 valence electrons. The molecule has 2 aromatic rings. The molecule has 5 heteroatoms. The average Bonchev–Trinajstić information content (AvgIpc) is 2.75. The molecular formula is C13H14N2OS2. The van der Waals surface area contributed by atoms with E-state index in [1.165, 1.54) is 0 Å². The van der Waals surface area contributed by atoms with Crippen molar-refractivity contribution in [2.75, 3.05) is 0 Å². The molecule has 1 N–H and O–H groups in total. The molecule has 0 aliphatic rings. The third kappa shape index (κ3) is 2.91. The maximum atomic E-state index is 12.1. The van der Waals surface area contributed by atoms with Crippen LogP contribution in [0.3, 0.4) is 0 Å². The van der Waals surface area contributed by atoms with E-state index in [0.717, 1.165) is 21.0 Å². The first-order valence-electron chi connectivity index (χ1n) is 5.54. The van der Waals surface area contributed by atoms with Crippen LogP contribution in [-0.2, 0) is 6.54 Å². The van der Waals surface area contributed by atoms with Crippen LogP contribution in [0.2, 0.25) is 0 Å². The summed E-state index contributed by atoms with van der Waals surface area (Å²) in [5, 5.41) is 2.91. The number of thiol groups is 1. The number of thiazole rings is 1. The summed E-state index contributed by atoms with van der Waals surface area (Å²) in [6.07, 6.45) is 0. The topological polar surface area (TPSA) is 42.0 Å². The Hall–Kier alpha value is -1.33. The van der Waals surface area contributed by atoms with Gasteiger partial charge in [-0.1, -0.05) is 6.07 Å². The van der Waals surface area contributed by atoms with Crippen LogP contribution in [0.15, 0.2) is 28.6 Å². The van der Waals surface area contributed by atoms with Gasteiger partial charge in [0.05, 0.1) is 17.7 Å². The lowest BCUT2D eigenvalue weighted by atomic mass is 10.1. The molecule has 2 rings (SSSR count). The van der Waals surface area contributed by atoms with E-state index in [-0.39, 0.29) is 5.91 Å². The number of hydrogen-bond acceptors (Lipinski definition) is 4. The van der Waals surface area contributed by atoms with Crippen molar-refractivity contribution in [3.63, 3.8) is 0 Å². The lowest BCUT2D eigenvalue weighted by molar-refractivity contribution is 0.0950. The van der Waals surface area contributed by atoms with E-state index in [1.807, 2.05) is 26.0 Å². The van der Waals surface area contributed by atoms with E-state index in [0.29, 0.717) is 12.1 Å². The van der Waals surface area contributed by atoms with Gasteiger partial charge in [0.15, 0.2) is 0 Å². The van der Waals surface area contributed by atoms with Crippen LogP contribution in [0.25, 0.3) is 0 Å². The molecule has 0 aliphatic carbocycles. The lowest BCUT2D eigenvalue weighted by Crippen LogP contribution is -2.23. The van der Waals surface area contributed by atoms with Gasteiger partial charge in [-0.3, -0.25) is 4.79 Å². The van der Waals surface area contributed by atoms with E-state index in [4.69, 9.17) is 0 Å². The Morgan fingerprint density at radius 1 is 1.44 bits per heavy atom. The maximum Gasteiger partial charge on any atom is 0.251 e. The average molecular weight is 278 g/mol. The highest BCUT2D eigenvalue weighted by atomic mass is 32.1. The molecule has 0 bridgehead atoms. The van der Waals surface area contributed by atoms with E-state index in [9.17, 15) is 4.79 Å². The molecule has 0 spiro atoms. The summed E-state index contributed by atoms with van der Waals surface area (Å²) in [5.74, 6) is -0.0730. The van der Waals surface area contributed by atoms with Gasteiger partial charge in [-0.2, -0.15) is 0 Å². The summed E-state index contributed by atoms with van der Waals surface area (Å²) in [5.41, 5.74) is 4.38. The van der Waals surface area contributed by atoms with E-state index in [1.54, 1.807) is 22.9 Å². The first-order chi connectivity index (χ1) is 8.58. The van der Waals surface area contributed by atoms with Gasteiger partial charge in [0, 0.05) is 15.3 Å². The number of aromatic nitrogens is 1. The fraction of sp³-hybridized carbons (Fsp3) is 0.231. The van der Waals surface area contributed by atoms with Crippen LogP contribution >= 0.6 is 24.0 Å². The molecule has 3 nitrogen and oxygen atoms in total. The van der Waals surface area contributed by atoms with Crippen LogP contribution in [0.4, 0.5) is 0 Å². The third-order valence-corrected chi connectivity index (χ3v) is 3.93. The highest BCUT2D eigenvalue weighted by molar-refractivity contribution is 7.80. The minimum atomic E-state index is -0.0730. The molecule has 1 aromatic heterocycles. The Kier molecular flexibility index (Phi) is 4.04. The van der Waals surface area contributed by atoms with Crippen molar-refractivity contribution in [1.29, 1.82) is 0 Å². The first-order valence-corrected chi connectivity index (χ1v) is 6.87. The predicted octanol–water partition coefficient (Wildman–Crippen LogP) is 2.98. The number of nitrogens with zero attached hydrogens (tertiary/aromatic N) is 1. The molecular weight excluding hydrogens is 264 g/mol. The highest BCUT2D eigenvalue weighted by Gasteiger charge is 2.10. The fourth-order valence-electron chi connectivity index (χ4n) is 1.61. The second-order valence-electron chi connectivity index (χ2n) is 4.04. The monoisotopic (exact) mass is 278 g/mol. The van der Waals surface area contributed by atoms with Crippen molar-refractivity contribution in [2.45, 2.75) is 25.3 Å². The van der Waals surface area contributed by atoms with Gasteiger partial charge in [-0.05, 0) is 31.5 Å². The molecule has 1 heterocycles. The smallest absolute Gasteiger partial charge is 0.251 e. The Labute approximate surface area is 116 Å². The van der Waals surface area contributed by atoms with Crippen molar-refractivity contribution >= 4 is 29.9 Å². The Bertz CT molecular complexity index is 578. The summed E-state index contributed by atoms with van der Waals surface area (Å²) < 4.78 is 0. The van der Waals surface area contributed by atoms with Crippen molar-refractivity contribution in [3.8, 4) is 0 Å². The van der Waals surface area contributed by atoms with Crippen LogP contribution < -0.4 is 5.32 Å². The van der Waals surface area contributed by atoms with Gasteiger partial charge in [-0.15, -0.1) is 24.0 Å². The quantitative estimate of drug-likeness (QED) is 0.848. The third-order valence-electron chi connectivity index (χ3n) is 2.72. The molecule has 0 saturated heterocycles. The lowest BCUT2D eigenvalue weighted by Gasteiger charge is -2.07. The fourth-order valence-corrected chi connectivity index (χ4v) is 2.53. The van der Waals surface area contributed by atoms with Crippen molar-refractivity contribution < 1.29 is 4.79 Å². The molecule has 1 aromatic carbocycles. The van der Waals surface area contributed by atoms with Gasteiger partial charge in [0.25, 0.3) is 5.91 Å². The second-order valence-corrected chi connectivity index (χ2v) is 5.50. The van der Waals surface area contributed by atoms with Crippen LogP contribution in [0.1, 0.15) is 26.5 Å². The summed E-state index contributed by atoms with van der Waals surface area (Å²) in [4.78, 5) is 18.1. The van der Waals surface area contributed by atoms with Gasteiger partial charge in [-0.25, -0.2) is 4.98 Å². The van der Waals surface area contributed by atoms with Gasteiger partial charge < -0.3 is 5.32 Å². The predicted molar refractivity (Wildman–Crippen MR) is 76.5 cm³/mol. The number of aryl methyl sites for hydroxylation is 2. The number of carbonyl (C=O) groups is 1. The standard InChI is InChI=1S/C13H14N2OS2/c1-8-3-4-10(17)5-11(8)13(16)14-6-12-9(2)15-7-18-12/h3-5,7,17H,6H2,1-2H3,(H,14,16). The normalized spacial score (nSPS) is 10.4. The zero-order valence-electron chi connectivity index (χ0n) is 10.2. The van der Waals surface area contributed by atoms with Crippen molar-refractivity contribution in [1.82, 2.24) is 10.3 Å². The zero-order valence-corrected chi connectivity index (χ0v) is 11.9. The Morgan fingerprint density at radius 2 is 2.22 bits per heavy atom. The maximum absolute atomic E-state index is 12.1. The Morgan fingerprint density at radius 3 is 2.89 bits per heavy atom. The van der Waals surface area contributed by atoms with Crippen LogP contribution in [0.5, 0.6) is 0 Å². The van der Waals surface area contributed by atoms with Gasteiger partial charge in [0.2, 0.25) is 0 Å². The van der Waals surface area contributed by atoms with E-state index >= 15 is 0 Å². The summed E-state index contributed by atoms with van der Waals surface area (Å²) in [6, 6.07) is 5.56. The molecule has 0 aliphatic heterocycles. The molecule has 0 radical (unpaired) electrons. The number of benzene rings is 1. The minimum Gasteiger partial charge on any atom is -0.347 e. The molecule has 0 atom stereocenters. The van der Waals surface area contributed by atoms with E-state index < -0.39 is 0 Å². The molecule has 18 heavy (non-hydrogen) atoms. The van der Waals surface area contributed by atoms with Crippen molar-refractivity contribution in [2.24, 2.45) is 0 Å². The van der Waals surface area contributed by atoms with Crippen LogP contribution in [0, 0.1) is 13.8 Å². The van der Waals surface area contributed by atoms with Crippen molar-refractivity contribution in [3.05, 3.63) is 45.4 Å². The Balaban J connectivity index is 2.08. The second kappa shape index (κ2) is 5.54. The summed E-state index contributed by atoms with van der Waals surface area (Å²) >= 11 is 5.81. The minimum absolute atomic E-state index is 0.0730. The first kappa shape index (κ1) is 13.1.